The SMILES string of the molecule is O=C([O-])C1([NH+]2CCOCC2)CC[NH2+]CC1. The van der Waals surface area contributed by atoms with E-state index in [0.717, 1.165) is 43.9 Å². The Balaban J connectivity index is 2.12. The lowest BCUT2D eigenvalue weighted by Gasteiger charge is -2.44. The van der Waals surface area contributed by atoms with Gasteiger partial charge in [0, 0.05) is 0 Å². The zero-order chi connectivity index (χ0) is 10.7. The van der Waals surface area contributed by atoms with Gasteiger partial charge in [0.15, 0.2) is 0 Å². The highest BCUT2D eigenvalue weighted by molar-refractivity contribution is 5.74. The first-order valence-corrected chi connectivity index (χ1v) is 5.72. The largest absolute Gasteiger partial charge is 0.544 e. The summed E-state index contributed by atoms with van der Waals surface area (Å²) in [5.74, 6) is -0.868. The Morgan fingerprint density at radius 2 is 1.87 bits per heavy atom. The second kappa shape index (κ2) is 4.47. The predicted molar refractivity (Wildman–Crippen MR) is 50.1 cm³/mol. The Bertz CT molecular complexity index is 233. The van der Waals surface area contributed by atoms with Gasteiger partial charge in [-0.1, -0.05) is 0 Å². The van der Waals surface area contributed by atoms with Crippen LogP contribution in [0.5, 0.6) is 0 Å². The van der Waals surface area contributed by atoms with E-state index in [1.54, 1.807) is 0 Å². The summed E-state index contributed by atoms with van der Waals surface area (Å²) < 4.78 is 5.27. The molecule has 2 fully saturated rings. The summed E-state index contributed by atoms with van der Waals surface area (Å²) in [5, 5.41) is 13.6. The van der Waals surface area contributed by atoms with E-state index in [1.807, 2.05) is 0 Å². The number of carbonyl (C=O) groups excluding carboxylic acids is 1. The minimum atomic E-state index is -0.868. The Hall–Kier alpha value is -0.650. The van der Waals surface area contributed by atoms with Crippen LogP contribution in [0.25, 0.3) is 0 Å². The number of ether oxygens (including phenoxy) is 1. The van der Waals surface area contributed by atoms with Gasteiger partial charge in [-0.25, -0.2) is 0 Å². The van der Waals surface area contributed by atoms with Crippen molar-refractivity contribution in [2.75, 3.05) is 39.4 Å². The maximum atomic E-state index is 11.4. The molecule has 5 heteroatoms. The molecular weight excluding hydrogens is 196 g/mol. The third-order valence-electron chi connectivity index (χ3n) is 3.71. The number of carboxylic acid groups (broad SMARTS) is 1. The Morgan fingerprint density at radius 3 is 2.40 bits per heavy atom. The molecule has 5 nitrogen and oxygen atoms in total. The quantitative estimate of drug-likeness (QED) is 0.490. The number of hydrogen-bond donors (Lipinski definition) is 2. The maximum absolute atomic E-state index is 11.4. The van der Waals surface area contributed by atoms with Gasteiger partial charge in [-0.05, 0) is 0 Å². The highest BCUT2D eigenvalue weighted by Crippen LogP contribution is 2.11. The summed E-state index contributed by atoms with van der Waals surface area (Å²) in [6, 6.07) is 0. The smallest absolute Gasteiger partial charge is 0.149 e. The zero-order valence-electron chi connectivity index (χ0n) is 8.96. The van der Waals surface area contributed by atoms with Crippen molar-refractivity contribution in [2.24, 2.45) is 0 Å². The molecule has 2 rings (SSSR count). The van der Waals surface area contributed by atoms with E-state index < -0.39 is 11.5 Å². The standard InChI is InChI=1S/C10H18N2O3/c13-9(14)10(1-3-11-4-2-10)12-5-7-15-8-6-12/h11H,1-8H2,(H,13,14)/p+1. The Kier molecular flexibility index (Phi) is 3.23. The van der Waals surface area contributed by atoms with Crippen molar-refractivity contribution in [3.05, 3.63) is 0 Å². The predicted octanol–water partition coefficient (Wildman–Crippen LogP) is -4.25. The third-order valence-corrected chi connectivity index (χ3v) is 3.71. The van der Waals surface area contributed by atoms with Gasteiger partial charge in [-0.15, -0.1) is 0 Å². The van der Waals surface area contributed by atoms with Crippen LogP contribution in [-0.2, 0) is 9.53 Å². The summed E-state index contributed by atoms with van der Waals surface area (Å²) in [6.07, 6.45) is 1.45. The number of quaternary nitrogens is 2. The number of piperidine rings is 1. The van der Waals surface area contributed by atoms with E-state index in [1.165, 1.54) is 0 Å². The molecule has 0 bridgehead atoms. The van der Waals surface area contributed by atoms with Crippen LogP contribution in [0.15, 0.2) is 0 Å². The van der Waals surface area contributed by atoms with E-state index in [-0.39, 0.29) is 0 Å². The molecule has 2 heterocycles. The van der Waals surface area contributed by atoms with Gasteiger partial charge < -0.3 is 24.9 Å². The highest BCUT2D eigenvalue weighted by Gasteiger charge is 2.45. The van der Waals surface area contributed by atoms with Gasteiger partial charge in [0.1, 0.15) is 24.6 Å². The van der Waals surface area contributed by atoms with Gasteiger partial charge in [0.25, 0.3) is 0 Å². The Labute approximate surface area is 89.4 Å². The number of carboxylic acids is 1. The molecule has 0 aromatic carbocycles. The third kappa shape index (κ3) is 2.00. The van der Waals surface area contributed by atoms with Gasteiger partial charge in [-0.2, -0.15) is 0 Å². The van der Waals surface area contributed by atoms with Crippen LogP contribution < -0.4 is 15.3 Å². The second-order valence-corrected chi connectivity index (χ2v) is 4.45. The minimum Gasteiger partial charge on any atom is -0.544 e. The lowest BCUT2D eigenvalue weighted by Crippen LogP contribution is -3.24. The molecule has 0 aromatic heterocycles. The van der Waals surface area contributed by atoms with Crippen molar-refractivity contribution in [1.29, 1.82) is 0 Å². The zero-order valence-corrected chi connectivity index (χ0v) is 8.96. The van der Waals surface area contributed by atoms with Crippen LogP contribution >= 0.6 is 0 Å². The molecule has 0 spiro atoms. The number of hydrogen-bond acceptors (Lipinski definition) is 3. The van der Waals surface area contributed by atoms with Gasteiger partial charge >= 0.3 is 0 Å². The molecular formula is C10H19N2O3+. The first-order valence-electron chi connectivity index (χ1n) is 5.72. The van der Waals surface area contributed by atoms with Crippen LogP contribution in [0.2, 0.25) is 0 Å². The summed E-state index contributed by atoms with van der Waals surface area (Å²) >= 11 is 0. The first-order chi connectivity index (χ1) is 7.26. The molecule has 0 aliphatic carbocycles. The fourth-order valence-electron chi connectivity index (χ4n) is 2.76. The monoisotopic (exact) mass is 215 g/mol. The van der Waals surface area contributed by atoms with E-state index >= 15 is 0 Å². The summed E-state index contributed by atoms with van der Waals surface area (Å²) in [4.78, 5) is 12.5. The molecule has 2 aliphatic rings. The summed E-state index contributed by atoms with van der Waals surface area (Å²) in [7, 11) is 0. The molecule has 0 radical (unpaired) electrons. The van der Waals surface area contributed by atoms with Crippen molar-refractivity contribution in [3.63, 3.8) is 0 Å². The van der Waals surface area contributed by atoms with Crippen LogP contribution in [0.3, 0.4) is 0 Å². The molecule has 15 heavy (non-hydrogen) atoms. The average molecular weight is 215 g/mol. The number of nitrogens with one attached hydrogen (secondary N) is 1. The normalized spacial score (nSPS) is 27.5. The van der Waals surface area contributed by atoms with E-state index in [4.69, 9.17) is 4.74 Å². The van der Waals surface area contributed by atoms with Crippen molar-refractivity contribution in [1.82, 2.24) is 0 Å². The summed E-state index contributed by atoms with van der Waals surface area (Å²) in [5.41, 5.74) is -0.640. The number of morpholine rings is 1. The topological polar surface area (TPSA) is 70.4 Å². The summed E-state index contributed by atoms with van der Waals surface area (Å²) in [6.45, 7) is 4.75. The number of aliphatic carboxylic acids is 1. The fraction of sp³-hybridized carbons (Fsp3) is 0.900. The average Bonchev–Trinajstić information content (AvgIpc) is 2.31. The maximum Gasteiger partial charge on any atom is 0.149 e. The van der Waals surface area contributed by atoms with E-state index in [0.29, 0.717) is 13.2 Å². The fourth-order valence-corrected chi connectivity index (χ4v) is 2.76. The molecule has 0 unspecified atom stereocenters. The van der Waals surface area contributed by atoms with Crippen molar-refractivity contribution in [2.45, 2.75) is 18.4 Å². The number of carbonyl (C=O) groups is 1. The number of rotatable bonds is 2. The van der Waals surface area contributed by atoms with E-state index in [2.05, 4.69) is 5.32 Å². The lowest BCUT2D eigenvalue weighted by atomic mass is 9.86. The molecule has 86 valence electrons. The molecule has 2 saturated heterocycles. The molecule has 0 aromatic rings. The van der Waals surface area contributed by atoms with Crippen molar-refractivity contribution in [3.8, 4) is 0 Å². The lowest BCUT2D eigenvalue weighted by molar-refractivity contribution is -0.959. The van der Waals surface area contributed by atoms with Gasteiger partial charge in [-0.3, -0.25) is 0 Å². The Morgan fingerprint density at radius 1 is 1.27 bits per heavy atom. The molecule has 0 atom stereocenters. The van der Waals surface area contributed by atoms with Gasteiger partial charge in [0.2, 0.25) is 0 Å². The first kappa shape index (κ1) is 10.9. The molecule has 0 amide bonds. The number of nitrogens with two attached hydrogens (primary N) is 1. The van der Waals surface area contributed by atoms with E-state index in [9.17, 15) is 9.90 Å². The van der Waals surface area contributed by atoms with Crippen molar-refractivity contribution < 1.29 is 24.9 Å². The molecule has 0 saturated carbocycles. The highest BCUT2D eigenvalue weighted by atomic mass is 16.5. The van der Waals surface area contributed by atoms with Gasteiger partial charge in [0.05, 0.1) is 39.1 Å². The van der Waals surface area contributed by atoms with Crippen LogP contribution in [0.4, 0.5) is 0 Å². The second-order valence-electron chi connectivity index (χ2n) is 4.45. The van der Waals surface area contributed by atoms with Crippen LogP contribution in [0, 0.1) is 0 Å². The molecule has 2 aliphatic heterocycles. The van der Waals surface area contributed by atoms with Crippen LogP contribution in [0.1, 0.15) is 12.8 Å². The molecule has 3 N–H and O–H groups in total. The van der Waals surface area contributed by atoms with Crippen LogP contribution in [-0.4, -0.2) is 50.9 Å². The van der Waals surface area contributed by atoms with Crippen molar-refractivity contribution >= 4 is 5.97 Å². The minimum absolute atomic E-state index is 0.640.